The van der Waals surface area contributed by atoms with Crippen LogP contribution in [0.15, 0.2) is 0 Å². The van der Waals surface area contributed by atoms with Gasteiger partial charge in [-0.3, -0.25) is 9.59 Å². The minimum absolute atomic E-state index is 0. The fourth-order valence-electron chi connectivity index (χ4n) is 3.99. The van der Waals surface area contributed by atoms with Crippen molar-refractivity contribution in [2.75, 3.05) is 13.1 Å². The zero-order chi connectivity index (χ0) is 17.2. The largest absolute Gasteiger partial charge is 0.352 e. The molecule has 2 saturated carbocycles. The average molecular weight is 393 g/mol. The Hall–Kier alpha value is -0.320. The van der Waals surface area contributed by atoms with E-state index < -0.39 is 0 Å². The van der Waals surface area contributed by atoms with E-state index in [0.717, 1.165) is 45.2 Å². The van der Waals surface area contributed by atoms with Crippen LogP contribution in [-0.2, 0) is 9.59 Å². The summed E-state index contributed by atoms with van der Waals surface area (Å²) in [6, 6.07) is 0.383. The summed E-state index contributed by atoms with van der Waals surface area (Å²) < 4.78 is 0. The predicted octanol–water partition coefficient (Wildman–Crippen LogP) is 4.19. The molecule has 0 aromatic heterocycles. The number of nitrogens with one attached hydrogen (secondary N) is 2. The monoisotopic (exact) mass is 392 g/mol. The highest BCUT2D eigenvalue weighted by Crippen LogP contribution is 2.25. The van der Waals surface area contributed by atoms with Crippen LogP contribution in [0, 0.1) is 11.8 Å². The molecule has 3 fully saturated rings. The van der Waals surface area contributed by atoms with Crippen molar-refractivity contribution in [1.29, 1.82) is 0 Å². The molecule has 3 rings (SSSR count). The first-order valence-electron chi connectivity index (χ1n) is 9.87. The minimum atomic E-state index is -0.130. The number of rotatable bonds is 3. The van der Waals surface area contributed by atoms with Gasteiger partial charge in [0.15, 0.2) is 0 Å². The minimum Gasteiger partial charge on any atom is -0.352 e. The van der Waals surface area contributed by atoms with Gasteiger partial charge in [-0.1, -0.05) is 38.5 Å². The van der Waals surface area contributed by atoms with E-state index in [1.54, 1.807) is 0 Å². The van der Waals surface area contributed by atoms with Gasteiger partial charge in [-0.25, -0.2) is 0 Å². The number of carbonyl (C=O) groups excluding carboxylic acids is 2. The Labute approximate surface area is 163 Å². The van der Waals surface area contributed by atoms with Gasteiger partial charge in [0.1, 0.15) is 0 Å². The van der Waals surface area contributed by atoms with Gasteiger partial charge in [-0.05, 0) is 56.7 Å². The SMILES string of the molecule is Cl.O=C(Cl)C1CCCCC1.O=C(N[C@@H]1CCCNC1)C1CCCCC1. The Morgan fingerprint density at radius 1 is 0.800 bits per heavy atom. The molecular weight excluding hydrogens is 359 g/mol. The molecule has 146 valence electrons. The number of carbonyl (C=O) groups is 2. The van der Waals surface area contributed by atoms with Gasteiger partial charge in [0, 0.05) is 24.4 Å². The lowest BCUT2D eigenvalue weighted by molar-refractivity contribution is -0.126. The summed E-state index contributed by atoms with van der Waals surface area (Å²) in [5, 5.41) is 6.39. The number of halogens is 2. The standard InChI is InChI=1S/C12H22N2O.C7H11ClO.ClH/c15-12(10-5-2-1-3-6-10)14-11-7-4-8-13-9-11;8-7(9)6-4-2-1-3-5-6;/h10-11,13H,1-9H2,(H,14,15);6H,1-5H2;1H/t11-;;/m1../s1. The van der Waals surface area contributed by atoms with Gasteiger partial charge >= 0.3 is 0 Å². The lowest BCUT2D eigenvalue weighted by Gasteiger charge is -2.27. The normalized spacial score (nSPS) is 25.1. The zero-order valence-corrected chi connectivity index (χ0v) is 16.8. The molecule has 1 atom stereocenters. The van der Waals surface area contributed by atoms with Crippen LogP contribution in [0.3, 0.4) is 0 Å². The van der Waals surface area contributed by atoms with Crippen LogP contribution in [0.2, 0.25) is 0 Å². The molecule has 25 heavy (non-hydrogen) atoms. The maximum absolute atomic E-state index is 11.9. The van der Waals surface area contributed by atoms with Gasteiger partial charge in [0.25, 0.3) is 0 Å². The third kappa shape index (κ3) is 8.74. The van der Waals surface area contributed by atoms with Crippen LogP contribution in [-0.4, -0.2) is 30.3 Å². The van der Waals surface area contributed by atoms with Crippen LogP contribution in [0.4, 0.5) is 0 Å². The van der Waals surface area contributed by atoms with Crippen LogP contribution in [0.1, 0.15) is 77.0 Å². The Balaban J connectivity index is 0.000000270. The van der Waals surface area contributed by atoms with Crippen molar-refractivity contribution >= 4 is 35.2 Å². The molecule has 0 aromatic carbocycles. The van der Waals surface area contributed by atoms with E-state index in [9.17, 15) is 9.59 Å². The number of hydrogen-bond acceptors (Lipinski definition) is 3. The van der Waals surface area contributed by atoms with Gasteiger partial charge < -0.3 is 10.6 Å². The molecule has 0 radical (unpaired) electrons. The van der Waals surface area contributed by atoms with E-state index in [4.69, 9.17) is 11.6 Å². The van der Waals surface area contributed by atoms with Gasteiger partial charge in [0.05, 0.1) is 0 Å². The maximum atomic E-state index is 11.9. The van der Waals surface area contributed by atoms with Crippen LogP contribution in [0.25, 0.3) is 0 Å². The maximum Gasteiger partial charge on any atom is 0.224 e. The van der Waals surface area contributed by atoms with E-state index in [1.807, 2.05) is 0 Å². The predicted molar refractivity (Wildman–Crippen MR) is 105 cm³/mol. The van der Waals surface area contributed by atoms with Crippen molar-refractivity contribution in [3.8, 4) is 0 Å². The first-order valence-corrected chi connectivity index (χ1v) is 10.2. The van der Waals surface area contributed by atoms with E-state index in [2.05, 4.69) is 10.6 Å². The molecule has 6 heteroatoms. The summed E-state index contributed by atoms with van der Waals surface area (Å²) in [4.78, 5) is 22.5. The smallest absolute Gasteiger partial charge is 0.224 e. The highest BCUT2D eigenvalue weighted by Gasteiger charge is 2.23. The lowest BCUT2D eigenvalue weighted by Crippen LogP contribution is -2.47. The topological polar surface area (TPSA) is 58.2 Å². The zero-order valence-electron chi connectivity index (χ0n) is 15.2. The van der Waals surface area contributed by atoms with Crippen LogP contribution >= 0.6 is 24.0 Å². The van der Waals surface area contributed by atoms with Crippen molar-refractivity contribution in [2.45, 2.75) is 83.1 Å². The van der Waals surface area contributed by atoms with Crippen molar-refractivity contribution in [3.05, 3.63) is 0 Å². The summed E-state index contributed by atoms with van der Waals surface area (Å²) in [7, 11) is 0. The second-order valence-electron chi connectivity index (χ2n) is 7.53. The van der Waals surface area contributed by atoms with E-state index in [1.165, 1.54) is 44.9 Å². The fraction of sp³-hybridized carbons (Fsp3) is 0.895. The van der Waals surface area contributed by atoms with Crippen molar-refractivity contribution in [1.82, 2.24) is 10.6 Å². The van der Waals surface area contributed by atoms with Gasteiger partial charge in [0.2, 0.25) is 11.1 Å². The molecule has 0 bridgehead atoms. The Bertz CT molecular complexity index is 389. The Morgan fingerprint density at radius 3 is 1.80 bits per heavy atom. The quantitative estimate of drug-likeness (QED) is 0.707. The van der Waals surface area contributed by atoms with Crippen LogP contribution in [0.5, 0.6) is 0 Å². The summed E-state index contributed by atoms with van der Waals surface area (Å²) >= 11 is 5.32. The lowest BCUT2D eigenvalue weighted by atomic mass is 9.88. The second kappa shape index (κ2) is 12.9. The molecular formula is C19H34Cl2N2O2. The molecule has 4 nitrogen and oxygen atoms in total. The number of amides is 1. The molecule has 3 aliphatic rings. The average Bonchev–Trinajstić information content (AvgIpc) is 2.64. The summed E-state index contributed by atoms with van der Waals surface area (Å²) in [5.41, 5.74) is 0. The Kier molecular flexibility index (Phi) is 11.8. The molecule has 0 unspecified atom stereocenters. The first-order chi connectivity index (χ1) is 11.7. The van der Waals surface area contributed by atoms with Crippen LogP contribution < -0.4 is 10.6 Å². The summed E-state index contributed by atoms with van der Waals surface area (Å²) in [6.45, 7) is 2.06. The molecule has 2 N–H and O–H groups in total. The van der Waals surface area contributed by atoms with E-state index >= 15 is 0 Å². The number of hydrogen-bond donors (Lipinski definition) is 2. The van der Waals surface area contributed by atoms with Crippen molar-refractivity contribution < 1.29 is 9.59 Å². The molecule has 1 heterocycles. The molecule has 1 saturated heterocycles. The molecule has 1 aliphatic heterocycles. The fourth-order valence-corrected chi connectivity index (χ4v) is 4.21. The van der Waals surface area contributed by atoms with Crippen molar-refractivity contribution in [3.63, 3.8) is 0 Å². The Morgan fingerprint density at radius 2 is 1.36 bits per heavy atom. The summed E-state index contributed by atoms with van der Waals surface area (Å²) in [5.74, 6) is 0.796. The third-order valence-corrected chi connectivity index (χ3v) is 5.85. The molecule has 1 amide bonds. The highest BCUT2D eigenvalue weighted by molar-refractivity contribution is 6.63. The number of piperidine rings is 1. The van der Waals surface area contributed by atoms with Gasteiger partial charge in [-0.2, -0.15) is 0 Å². The molecule has 2 aliphatic carbocycles. The molecule has 0 aromatic rings. The van der Waals surface area contributed by atoms with E-state index in [-0.39, 0.29) is 23.6 Å². The third-order valence-electron chi connectivity index (χ3n) is 5.55. The molecule has 0 spiro atoms. The summed E-state index contributed by atoms with van der Waals surface area (Å²) in [6.07, 6.45) is 14.0. The highest BCUT2D eigenvalue weighted by atomic mass is 35.5. The first kappa shape index (κ1) is 22.7. The van der Waals surface area contributed by atoms with E-state index in [0.29, 0.717) is 17.9 Å². The second-order valence-corrected chi connectivity index (χ2v) is 7.90. The van der Waals surface area contributed by atoms with Crippen molar-refractivity contribution in [2.24, 2.45) is 11.8 Å². The van der Waals surface area contributed by atoms with Gasteiger partial charge in [-0.15, -0.1) is 12.4 Å².